The van der Waals surface area contributed by atoms with Gasteiger partial charge >= 0.3 is 0 Å². The van der Waals surface area contributed by atoms with Crippen molar-refractivity contribution in [2.24, 2.45) is 4.99 Å². The summed E-state index contributed by atoms with van der Waals surface area (Å²) >= 11 is 0. The highest BCUT2D eigenvalue weighted by atomic mass is 127. The van der Waals surface area contributed by atoms with E-state index in [9.17, 15) is 0 Å². The van der Waals surface area contributed by atoms with Crippen molar-refractivity contribution in [3.05, 3.63) is 54.2 Å². The van der Waals surface area contributed by atoms with E-state index in [0.717, 1.165) is 23.8 Å². The Bertz CT molecular complexity index is 669. The van der Waals surface area contributed by atoms with Crippen molar-refractivity contribution < 1.29 is 14.2 Å². The smallest absolute Gasteiger partial charge is 0.213 e. The van der Waals surface area contributed by atoms with Gasteiger partial charge in [-0.2, -0.15) is 0 Å². The summed E-state index contributed by atoms with van der Waals surface area (Å²) in [5, 5.41) is 6.48. The van der Waals surface area contributed by atoms with Crippen LogP contribution in [-0.2, 0) is 11.3 Å². The van der Waals surface area contributed by atoms with E-state index in [0.29, 0.717) is 38.8 Å². The van der Waals surface area contributed by atoms with Crippen LogP contribution in [0.3, 0.4) is 0 Å². The molecule has 0 unspecified atom stereocenters. The molecule has 1 aromatic carbocycles. The number of ether oxygens (including phenoxy) is 3. The molecule has 28 heavy (non-hydrogen) atoms. The van der Waals surface area contributed by atoms with Gasteiger partial charge in [0.15, 0.2) is 5.96 Å². The Morgan fingerprint density at radius 3 is 2.50 bits per heavy atom. The molecule has 7 nitrogen and oxygen atoms in total. The van der Waals surface area contributed by atoms with Gasteiger partial charge in [-0.25, -0.2) is 9.98 Å². The summed E-state index contributed by atoms with van der Waals surface area (Å²) in [5.41, 5.74) is 1.01. The molecule has 0 saturated carbocycles. The fourth-order valence-electron chi connectivity index (χ4n) is 2.19. The van der Waals surface area contributed by atoms with E-state index in [1.807, 2.05) is 49.4 Å². The fourth-order valence-corrected chi connectivity index (χ4v) is 2.19. The van der Waals surface area contributed by atoms with E-state index < -0.39 is 0 Å². The molecular formula is C20H29IN4O3. The summed E-state index contributed by atoms with van der Waals surface area (Å²) in [4.78, 5) is 8.85. The molecule has 0 fully saturated rings. The van der Waals surface area contributed by atoms with Crippen molar-refractivity contribution in [3.8, 4) is 11.6 Å². The third-order valence-electron chi connectivity index (χ3n) is 3.51. The maximum absolute atomic E-state index is 5.67. The standard InChI is InChI=1S/C20H28N4O3.HI/c1-3-21-20(22-11-12-26-18-7-5-4-6-8-18)24-16-17-9-10-19(23-15-17)27-14-13-25-2;/h4-10,15H,3,11-14,16H2,1-2H3,(H2,21,22,24);1H. The number of aliphatic imine (C=N–C) groups is 1. The van der Waals surface area contributed by atoms with Crippen LogP contribution in [0.5, 0.6) is 11.6 Å². The maximum atomic E-state index is 5.67. The van der Waals surface area contributed by atoms with Crippen LogP contribution in [0.4, 0.5) is 0 Å². The number of rotatable bonds is 11. The molecule has 0 saturated heterocycles. The number of para-hydroxylation sites is 1. The molecule has 0 radical (unpaired) electrons. The van der Waals surface area contributed by atoms with Gasteiger partial charge in [0.2, 0.25) is 5.88 Å². The first-order valence-corrected chi connectivity index (χ1v) is 9.08. The average molecular weight is 500 g/mol. The normalized spacial score (nSPS) is 10.7. The molecule has 1 aromatic heterocycles. The second kappa shape index (κ2) is 14.9. The number of nitrogens with one attached hydrogen (secondary N) is 2. The lowest BCUT2D eigenvalue weighted by atomic mass is 10.3. The summed E-state index contributed by atoms with van der Waals surface area (Å²) in [5.74, 6) is 2.19. The van der Waals surface area contributed by atoms with E-state index in [1.165, 1.54) is 0 Å². The quantitative estimate of drug-likeness (QED) is 0.214. The molecule has 0 aliphatic carbocycles. The summed E-state index contributed by atoms with van der Waals surface area (Å²) in [6.45, 7) is 5.59. The van der Waals surface area contributed by atoms with E-state index in [1.54, 1.807) is 13.3 Å². The molecule has 2 N–H and O–H groups in total. The molecular weight excluding hydrogens is 471 g/mol. The van der Waals surface area contributed by atoms with Crippen LogP contribution in [0, 0.1) is 0 Å². The van der Waals surface area contributed by atoms with Crippen molar-refractivity contribution >= 4 is 29.9 Å². The number of pyridine rings is 1. The van der Waals surface area contributed by atoms with Gasteiger partial charge < -0.3 is 24.8 Å². The maximum Gasteiger partial charge on any atom is 0.213 e. The Labute approximate surface area is 183 Å². The lowest BCUT2D eigenvalue weighted by molar-refractivity contribution is 0.143. The van der Waals surface area contributed by atoms with Gasteiger partial charge in [0.1, 0.15) is 19.0 Å². The van der Waals surface area contributed by atoms with Gasteiger partial charge in [-0.3, -0.25) is 0 Å². The van der Waals surface area contributed by atoms with Gasteiger partial charge in [0.25, 0.3) is 0 Å². The Balaban J connectivity index is 0.00000392. The highest BCUT2D eigenvalue weighted by Gasteiger charge is 2.00. The number of halogens is 1. The topological polar surface area (TPSA) is 77.0 Å². The number of hydrogen-bond acceptors (Lipinski definition) is 5. The lowest BCUT2D eigenvalue weighted by Gasteiger charge is -2.12. The predicted molar refractivity (Wildman–Crippen MR) is 122 cm³/mol. The van der Waals surface area contributed by atoms with Crippen molar-refractivity contribution in [1.29, 1.82) is 0 Å². The molecule has 1 heterocycles. The predicted octanol–water partition coefficient (Wildman–Crippen LogP) is 2.86. The molecule has 0 aliphatic rings. The zero-order chi connectivity index (χ0) is 19.2. The molecule has 0 amide bonds. The summed E-state index contributed by atoms with van der Waals surface area (Å²) in [6.07, 6.45) is 1.77. The summed E-state index contributed by atoms with van der Waals surface area (Å²) in [7, 11) is 1.64. The number of methoxy groups -OCH3 is 1. The minimum absolute atomic E-state index is 0. The zero-order valence-corrected chi connectivity index (χ0v) is 18.7. The van der Waals surface area contributed by atoms with Crippen LogP contribution in [-0.4, -0.2) is 51.0 Å². The third-order valence-corrected chi connectivity index (χ3v) is 3.51. The molecule has 0 atom stereocenters. The van der Waals surface area contributed by atoms with Crippen LogP contribution < -0.4 is 20.1 Å². The molecule has 0 aliphatic heterocycles. The largest absolute Gasteiger partial charge is 0.492 e. The minimum atomic E-state index is 0. The molecule has 2 rings (SSSR count). The highest BCUT2D eigenvalue weighted by molar-refractivity contribution is 14.0. The Morgan fingerprint density at radius 1 is 1.00 bits per heavy atom. The van der Waals surface area contributed by atoms with Gasteiger partial charge in [-0.05, 0) is 24.6 Å². The van der Waals surface area contributed by atoms with Crippen molar-refractivity contribution in [1.82, 2.24) is 15.6 Å². The van der Waals surface area contributed by atoms with Crippen molar-refractivity contribution in [3.63, 3.8) is 0 Å². The van der Waals surface area contributed by atoms with Crippen LogP contribution in [0.1, 0.15) is 12.5 Å². The molecule has 0 spiro atoms. The fraction of sp³-hybridized carbons (Fsp3) is 0.400. The second-order valence-corrected chi connectivity index (χ2v) is 5.63. The van der Waals surface area contributed by atoms with Crippen LogP contribution in [0.25, 0.3) is 0 Å². The van der Waals surface area contributed by atoms with Crippen LogP contribution in [0.2, 0.25) is 0 Å². The number of hydrogen-bond donors (Lipinski definition) is 2. The second-order valence-electron chi connectivity index (χ2n) is 5.63. The molecule has 0 bridgehead atoms. The van der Waals surface area contributed by atoms with Gasteiger partial charge in [0.05, 0.1) is 19.7 Å². The zero-order valence-electron chi connectivity index (χ0n) is 16.4. The van der Waals surface area contributed by atoms with Crippen molar-refractivity contribution in [2.75, 3.05) is 40.0 Å². The molecule has 2 aromatic rings. The molecule has 8 heteroatoms. The van der Waals surface area contributed by atoms with E-state index in [-0.39, 0.29) is 24.0 Å². The van der Waals surface area contributed by atoms with E-state index in [4.69, 9.17) is 14.2 Å². The van der Waals surface area contributed by atoms with Crippen LogP contribution in [0.15, 0.2) is 53.7 Å². The highest BCUT2D eigenvalue weighted by Crippen LogP contribution is 2.09. The van der Waals surface area contributed by atoms with Gasteiger partial charge in [-0.15, -0.1) is 24.0 Å². The van der Waals surface area contributed by atoms with Crippen LogP contribution >= 0.6 is 24.0 Å². The minimum Gasteiger partial charge on any atom is -0.492 e. The van der Waals surface area contributed by atoms with E-state index in [2.05, 4.69) is 20.6 Å². The first-order chi connectivity index (χ1) is 13.3. The van der Waals surface area contributed by atoms with Gasteiger partial charge in [0, 0.05) is 25.9 Å². The SMILES string of the molecule is CCNC(=NCc1ccc(OCCOC)nc1)NCCOc1ccccc1.I. The Morgan fingerprint density at radius 2 is 1.82 bits per heavy atom. The lowest BCUT2D eigenvalue weighted by Crippen LogP contribution is -2.39. The molecule has 154 valence electrons. The number of aromatic nitrogens is 1. The van der Waals surface area contributed by atoms with Gasteiger partial charge in [-0.1, -0.05) is 24.3 Å². The van der Waals surface area contributed by atoms with Crippen molar-refractivity contribution in [2.45, 2.75) is 13.5 Å². The number of benzene rings is 1. The number of nitrogens with zero attached hydrogens (tertiary/aromatic N) is 2. The van der Waals surface area contributed by atoms with E-state index >= 15 is 0 Å². The summed E-state index contributed by atoms with van der Waals surface area (Å²) < 4.78 is 16.1. The number of guanidine groups is 1. The first-order valence-electron chi connectivity index (χ1n) is 9.08. The first kappa shape index (κ1) is 24.0. The monoisotopic (exact) mass is 500 g/mol. The summed E-state index contributed by atoms with van der Waals surface area (Å²) in [6, 6.07) is 13.6. The third kappa shape index (κ3) is 9.75. The average Bonchev–Trinajstić information content (AvgIpc) is 2.71. The Kier molecular flexibility index (Phi) is 12.8. The Hall–Kier alpha value is -2.07.